The van der Waals surface area contributed by atoms with E-state index in [1.54, 1.807) is 12.3 Å². The molecule has 0 saturated heterocycles. The number of rotatable bonds is 11. The predicted molar refractivity (Wildman–Crippen MR) is 106 cm³/mol. The van der Waals surface area contributed by atoms with Gasteiger partial charge in [0.2, 0.25) is 11.8 Å². The molecule has 0 aliphatic carbocycles. The molecule has 1 atom stereocenters. The third-order valence-corrected chi connectivity index (χ3v) is 4.68. The lowest BCUT2D eigenvalue weighted by Crippen LogP contribution is -2.37. The van der Waals surface area contributed by atoms with Crippen LogP contribution in [0, 0.1) is 0 Å². The number of hydrogen-bond donors (Lipinski definition) is 1. The Bertz CT molecular complexity index is 683. The van der Waals surface area contributed by atoms with Crippen molar-refractivity contribution in [2.75, 3.05) is 6.54 Å². The lowest BCUT2D eigenvalue weighted by Gasteiger charge is -2.30. The first-order valence-electron chi connectivity index (χ1n) is 9.75. The SMILES string of the molecule is CCCCCC(=O)N(CCC(=O)NCc1ccco1)C(C)c1ccccc1. The summed E-state index contributed by atoms with van der Waals surface area (Å²) in [6, 6.07) is 13.5. The fourth-order valence-corrected chi connectivity index (χ4v) is 3.02. The molecule has 0 radical (unpaired) electrons. The van der Waals surface area contributed by atoms with Gasteiger partial charge in [-0.05, 0) is 31.0 Å². The molecular weight excluding hydrogens is 340 g/mol. The Morgan fingerprint density at radius 3 is 2.52 bits per heavy atom. The average molecular weight is 370 g/mol. The molecular formula is C22H30N2O3. The summed E-state index contributed by atoms with van der Waals surface area (Å²) in [6.45, 7) is 4.92. The van der Waals surface area contributed by atoms with E-state index in [2.05, 4.69) is 12.2 Å². The quantitative estimate of drug-likeness (QED) is 0.594. The van der Waals surface area contributed by atoms with E-state index < -0.39 is 0 Å². The first-order valence-corrected chi connectivity index (χ1v) is 9.75. The highest BCUT2D eigenvalue weighted by molar-refractivity contribution is 5.79. The maximum atomic E-state index is 12.8. The van der Waals surface area contributed by atoms with Gasteiger partial charge < -0.3 is 14.6 Å². The summed E-state index contributed by atoms with van der Waals surface area (Å²) in [5.74, 6) is 0.741. The van der Waals surface area contributed by atoms with Crippen LogP contribution in [-0.4, -0.2) is 23.3 Å². The van der Waals surface area contributed by atoms with Crippen LogP contribution in [0.25, 0.3) is 0 Å². The smallest absolute Gasteiger partial charge is 0.223 e. The molecule has 0 bridgehead atoms. The lowest BCUT2D eigenvalue weighted by molar-refractivity contribution is -0.134. The summed E-state index contributed by atoms with van der Waals surface area (Å²) in [4.78, 5) is 26.8. The molecule has 0 fully saturated rings. The van der Waals surface area contributed by atoms with Crippen LogP contribution in [0.15, 0.2) is 53.1 Å². The maximum absolute atomic E-state index is 12.8. The topological polar surface area (TPSA) is 62.6 Å². The van der Waals surface area contributed by atoms with Crippen LogP contribution in [0.5, 0.6) is 0 Å². The van der Waals surface area contributed by atoms with Crippen LogP contribution in [-0.2, 0) is 16.1 Å². The number of carbonyl (C=O) groups excluding carboxylic acids is 2. The fourth-order valence-electron chi connectivity index (χ4n) is 3.02. The molecule has 1 unspecified atom stereocenters. The minimum absolute atomic E-state index is 0.0572. The van der Waals surface area contributed by atoms with Gasteiger partial charge in [0, 0.05) is 19.4 Å². The maximum Gasteiger partial charge on any atom is 0.223 e. The van der Waals surface area contributed by atoms with Gasteiger partial charge in [-0.1, -0.05) is 50.1 Å². The number of furan rings is 1. The molecule has 1 N–H and O–H groups in total. The number of benzene rings is 1. The third-order valence-electron chi connectivity index (χ3n) is 4.68. The van der Waals surface area contributed by atoms with E-state index >= 15 is 0 Å². The van der Waals surface area contributed by atoms with Crippen molar-refractivity contribution in [2.45, 2.75) is 58.5 Å². The number of carbonyl (C=O) groups is 2. The van der Waals surface area contributed by atoms with Crippen LogP contribution in [0.4, 0.5) is 0 Å². The lowest BCUT2D eigenvalue weighted by atomic mass is 10.1. The normalized spacial score (nSPS) is 11.8. The van der Waals surface area contributed by atoms with E-state index in [9.17, 15) is 9.59 Å². The molecule has 2 aromatic rings. The van der Waals surface area contributed by atoms with Crippen LogP contribution < -0.4 is 5.32 Å². The number of unbranched alkanes of at least 4 members (excludes halogenated alkanes) is 2. The van der Waals surface area contributed by atoms with Gasteiger partial charge in [0.1, 0.15) is 5.76 Å². The van der Waals surface area contributed by atoms with Gasteiger partial charge in [-0.25, -0.2) is 0 Å². The number of hydrogen-bond acceptors (Lipinski definition) is 3. The van der Waals surface area contributed by atoms with Gasteiger partial charge in [-0.15, -0.1) is 0 Å². The van der Waals surface area contributed by atoms with Gasteiger partial charge in [0.05, 0.1) is 18.8 Å². The summed E-state index contributed by atoms with van der Waals surface area (Å²) in [7, 11) is 0. The Kier molecular flexibility index (Phi) is 8.62. The van der Waals surface area contributed by atoms with Crippen molar-refractivity contribution in [2.24, 2.45) is 0 Å². The summed E-state index contributed by atoms with van der Waals surface area (Å²) >= 11 is 0. The fraction of sp³-hybridized carbons (Fsp3) is 0.455. The van der Waals surface area contributed by atoms with E-state index in [1.165, 1.54) is 0 Å². The molecule has 0 aliphatic heterocycles. The summed E-state index contributed by atoms with van der Waals surface area (Å²) in [5.41, 5.74) is 1.08. The standard InChI is InChI=1S/C22H30N2O3/c1-3-4-6-13-22(26)24(18(2)19-10-7-5-8-11-19)15-14-21(25)23-17-20-12-9-16-27-20/h5,7-12,16,18H,3-4,6,13-15,17H2,1-2H3,(H,23,25). The minimum atomic E-state index is -0.0852. The van der Waals surface area contributed by atoms with Crippen LogP contribution >= 0.6 is 0 Å². The van der Waals surface area contributed by atoms with E-state index in [0.29, 0.717) is 25.3 Å². The van der Waals surface area contributed by atoms with Crippen molar-refractivity contribution < 1.29 is 14.0 Å². The Hall–Kier alpha value is -2.56. The van der Waals surface area contributed by atoms with Crippen molar-refractivity contribution >= 4 is 11.8 Å². The second kappa shape index (κ2) is 11.2. The molecule has 5 heteroatoms. The molecule has 1 aromatic carbocycles. The van der Waals surface area contributed by atoms with Crippen molar-refractivity contribution in [3.63, 3.8) is 0 Å². The zero-order valence-electron chi connectivity index (χ0n) is 16.3. The van der Waals surface area contributed by atoms with Crippen molar-refractivity contribution in [1.82, 2.24) is 10.2 Å². The first-order chi connectivity index (χ1) is 13.1. The Balaban J connectivity index is 1.94. The first kappa shape index (κ1) is 20.7. The largest absolute Gasteiger partial charge is 0.467 e. The Morgan fingerprint density at radius 2 is 1.85 bits per heavy atom. The molecule has 2 rings (SSSR count). The molecule has 0 aliphatic rings. The highest BCUT2D eigenvalue weighted by Crippen LogP contribution is 2.22. The highest BCUT2D eigenvalue weighted by Gasteiger charge is 2.21. The van der Waals surface area contributed by atoms with Gasteiger partial charge >= 0.3 is 0 Å². The Labute approximate surface area is 161 Å². The van der Waals surface area contributed by atoms with E-state index in [1.807, 2.05) is 48.2 Å². The molecule has 0 saturated carbocycles. The molecule has 5 nitrogen and oxygen atoms in total. The highest BCUT2D eigenvalue weighted by atomic mass is 16.3. The second-order valence-corrected chi connectivity index (χ2v) is 6.74. The molecule has 27 heavy (non-hydrogen) atoms. The molecule has 1 aromatic heterocycles. The van der Waals surface area contributed by atoms with Gasteiger partial charge in [0.15, 0.2) is 0 Å². The zero-order chi connectivity index (χ0) is 19.5. The van der Waals surface area contributed by atoms with Crippen molar-refractivity contribution in [3.8, 4) is 0 Å². The van der Waals surface area contributed by atoms with Crippen LogP contribution in [0.1, 0.15) is 63.3 Å². The van der Waals surface area contributed by atoms with Gasteiger partial charge in [0.25, 0.3) is 0 Å². The van der Waals surface area contributed by atoms with Crippen LogP contribution in [0.3, 0.4) is 0 Å². The van der Waals surface area contributed by atoms with Gasteiger partial charge in [-0.3, -0.25) is 9.59 Å². The third kappa shape index (κ3) is 6.93. The van der Waals surface area contributed by atoms with E-state index in [-0.39, 0.29) is 24.3 Å². The minimum Gasteiger partial charge on any atom is -0.467 e. The monoisotopic (exact) mass is 370 g/mol. The van der Waals surface area contributed by atoms with Crippen molar-refractivity contribution in [1.29, 1.82) is 0 Å². The van der Waals surface area contributed by atoms with E-state index in [0.717, 1.165) is 24.8 Å². The average Bonchev–Trinajstić information content (AvgIpc) is 3.21. The zero-order valence-corrected chi connectivity index (χ0v) is 16.3. The molecule has 1 heterocycles. The Morgan fingerprint density at radius 1 is 1.07 bits per heavy atom. The summed E-state index contributed by atoms with van der Waals surface area (Å²) in [5, 5.41) is 2.84. The second-order valence-electron chi connectivity index (χ2n) is 6.74. The number of amides is 2. The van der Waals surface area contributed by atoms with Gasteiger partial charge in [-0.2, -0.15) is 0 Å². The summed E-state index contributed by atoms with van der Waals surface area (Å²) < 4.78 is 5.22. The molecule has 0 spiro atoms. The molecule has 2 amide bonds. The molecule has 146 valence electrons. The summed E-state index contributed by atoms with van der Waals surface area (Å²) in [6.07, 6.45) is 5.40. The van der Waals surface area contributed by atoms with Crippen molar-refractivity contribution in [3.05, 3.63) is 60.1 Å². The van der Waals surface area contributed by atoms with E-state index in [4.69, 9.17) is 4.42 Å². The number of nitrogens with zero attached hydrogens (tertiary/aromatic N) is 1. The number of nitrogens with one attached hydrogen (secondary N) is 1. The van der Waals surface area contributed by atoms with Crippen LogP contribution in [0.2, 0.25) is 0 Å². The predicted octanol–water partition coefficient (Wildman–Crippen LogP) is 4.46.